The lowest BCUT2D eigenvalue weighted by molar-refractivity contribution is 0.0566. The van der Waals surface area contributed by atoms with Crippen LogP contribution in [0, 0.1) is 5.92 Å². The van der Waals surface area contributed by atoms with Crippen LogP contribution in [0.25, 0.3) is 0 Å². The number of hydrogen-bond donors (Lipinski definition) is 1. The number of hydrogen-bond acceptors (Lipinski definition) is 2. The second kappa shape index (κ2) is 7.09. The molecule has 20 heavy (non-hydrogen) atoms. The quantitative estimate of drug-likeness (QED) is 0.783. The van der Waals surface area contributed by atoms with Crippen molar-refractivity contribution in [3.05, 3.63) is 11.6 Å². The first-order valence-corrected chi connectivity index (χ1v) is 8.64. The molecule has 0 aliphatic heterocycles. The lowest BCUT2D eigenvalue weighted by Gasteiger charge is -2.50. The zero-order chi connectivity index (χ0) is 14.6. The molecule has 0 heterocycles. The third-order valence-corrected chi connectivity index (χ3v) is 5.80. The Labute approximate surface area is 126 Å². The van der Waals surface area contributed by atoms with Crippen LogP contribution in [-0.2, 0) is 0 Å². The van der Waals surface area contributed by atoms with Crippen molar-refractivity contribution in [2.45, 2.75) is 76.3 Å². The minimum atomic E-state index is 0.331. The molecule has 2 rings (SSSR count). The van der Waals surface area contributed by atoms with Crippen molar-refractivity contribution in [3.8, 4) is 0 Å². The molecule has 2 nitrogen and oxygen atoms in total. The number of likely N-dealkylation sites (N-methyl/N-ethyl adjacent to an activating group) is 2. The van der Waals surface area contributed by atoms with Crippen molar-refractivity contribution in [2.75, 3.05) is 21.1 Å². The highest BCUT2D eigenvalue weighted by Crippen LogP contribution is 2.41. The van der Waals surface area contributed by atoms with E-state index in [1.54, 1.807) is 5.57 Å². The van der Waals surface area contributed by atoms with Gasteiger partial charge in [-0.2, -0.15) is 0 Å². The summed E-state index contributed by atoms with van der Waals surface area (Å²) in [5.74, 6) is 0.906. The fraction of sp³-hybridized carbons (Fsp3) is 0.889. The van der Waals surface area contributed by atoms with E-state index in [4.69, 9.17) is 0 Å². The Morgan fingerprint density at radius 1 is 1.20 bits per heavy atom. The third-order valence-electron chi connectivity index (χ3n) is 5.80. The third kappa shape index (κ3) is 3.28. The second-order valence-electron chi connectivity index (χ2n) is 7.28. The maximum absolute atomic E-state index is 3.70. The predicted octanol–water partition coefficient (Wildman–Crippen LogP) is 3.98. The first-order chi connectivity index (χ1) is 9.60. The Morgan fingerprint density at radius 2 is 1.90 bits per heavy atom. The van der Waals surface area contributed by atoms with E-state index in [-0.39, 0.29) is 0 Å². The van der Waals surface area contributed by atoms with Gasteiger partial charge in [-0.25, -0.2) is 0 Å². The molecular weight excluding hydrogens is 244 g/mol. The van der Waals surface area contributed by atoms with Crippen molar-refractivity contribution < 1.29 is 0 Å². The predicted molar refractivity (Wildman–Crippen MR) is 88.1 cm³/mol. The molecule has 1 saturated carbocycles. The minimum absolute atomic E-state index is 0.331. The molecule has 0 saturated heterocycles. The normalized spacial score (nSPS) is 33.6. The molecule has 1 fully saturated rings. The maximum atomic E-state index is 3.70. The van der Waals surface area contributed by atoms with E-state index in [2.05, 4.69) is 44.4 Å². The lowest BCUT2D eigenvalue weighted by Crippen LogP contribution is -2.60. The summed E-state index contributed by atoms with van der Waals surface area (Å²) in [6.07, 6.45) is 14.7. The molecule has 2 heteroatoms. The summed E-state index contributed by atoms with van der Waals surface area (Å²) < 4.78 is 0. The van der Waals surface area contributed by atoms with Crippen LogP contribution >= 0.6 is 0 Å². The zero-order valence-electron chi connectivity index (χ0n) is 14.0. The first-order valence-electron chi connectivity index (χ1n) is 8.64. The van der Waals surface area contributed by atoms with E-state index in [0.29, 0.717) is 11.6 Å². The molecule has 0 radical (unpaired) electrons. The van der Waals surface area contributed by atoms with Gasteiger partial charge in [0.1, 0.15) is 0 Å². The van der Waals surface area contributed by atoms with Crippen LogP contribution in [0.2, 0.25) is 0 Å². The molecule has 2 aliphatic carbocycles. The van der Waals surface area contributed by atoms with Crippen molar-refractivity contribution in [2.24, 2.45) is 5.92 Å². The smallest absolute Gasteiger partial charge is 0.0463 e. The minimum Gasteiger partial charge on any atom is -0.312 e. The standard InChI is InChI=1S/C18H34N2/c1-15-11-13-18(14-12-15,20(3)4)17(19-2)16-9-7-5-6-8-10-16/h9,15,17,19H,5-8,10-14H2,1-4H3. The number of allylic oxidation sites excluding steroid dienone is 1. The van der Waals surface area contributed by atoms with Crippen molar-refractivity contribution in [3.63, 3.8) is 0 Å². The molecule has 0 aromatic rings. The Hall–Kier alpha value is -0.340. The number of nitrogens with one attached hydrogen (secondary N) is 1. The van der Waals surface area contributed by atoms with Crippen LogP contribution in [0.15, 0.2) is 11.6 Å². The fourth-order valence-electron chi connectivity index (χ4n) is 4.36. The first kappa shape index (κ1) is 16.0. The molecular formula is C18H34N2. The van der Waals surface area contributed by atoms with Gasteiger partial charge in [-0.05, 0) is 78.4 Å². The van der Waals surface area contributed by atoms with Gasteiger partial charge < -0.3 is 10.2 Å². The highest BCUT2D eigenvalue weighted by atomic mass is 15.2. The fourth-order valence-corrected chi connectivity index (χ4v) is 4.36. The molecule has 0 amide bonds. The summed E-state index contributed by atoms with van der Waals surface area (Å²) in [4.78, 5) is 2.52. The van der Waals surface area contributed by atoms with Crippen molar-refractivity contribution in [1.82, 2.24) is 10.2 Å². The van der Waals surface area contributed by atoms with E-state index in [1.807, 2.05) is 0 Å². The van der Waals surface area contributed by atoms with E-state index < -0.39 is 0 Å². The molecule has 2 aliphatic rings. The van der Waals surface area contributed by atoms with Crippen molar-refractivity contribution >= 4 is 0 Å². The van der Waals surface area contributed by atoms with Crippen LogP contribution < -0.4 is 5.32 Å². The van der Waals surface area contributed by atoms with Crippen LogP contribution in [0.1, 0.15) is 64.7 Å². The largest absolute Gasteiger partial charge is 0.312 e. The number of rotatable bonds is 4. The van der Waals surface area contributed by atoms with Gasteiger partial charge in [0.15, 0.2) is 0 Å². The van der Waals surface area contributed by atoms with Gasteiger partial charge in [0.05, 0.1) is 0 Å². The topological polar surface area (TPSA) is 15.3 Å². The van der Waals surface area contributed by atoms with Crippen LogP contribution in [-0.4, -0.2) is 37.6 Å². The van der Waals surface area contributed by atoms with Gasteiger partial charge in [-0.3, -0.25) is 0 Å². The molecule has 0 aromatic heterocycles. The summed E-state index contributed by atoms with van der Waals surface area (Å²) in [5, 5.41) is 3.70. The highest BCUT2D eigenvalue weighted by molar-refractivity contribution is 5.21. The van der Waals surface area contributed by atoms with E-state index in [9.17, 15) is 0 Å². The molecule has 0 spiro atoms. The SMILES string of the molecule is CNC(C1=CCCCCC1)C1(N(C)C)CCC(C)CC1. The summed E-state index contributed by atoms with van der Waals surface area (Å²) in [7, 11) is 6.74. The van der Waals surface area contributed by atoms with E-state index in [0.717, 1.165) is 5.92 Å². The summed E-state index contributed by atoms with van der Waals surface area (Å²) in [6.45, 7) is 2.42. The molecule has 1 unspecified atom stereocenters. The van der Waals surface area contributed by atoms with Crippen molar-refractivity contribution in [1.29, 1.82) is 0 Å². The Balaban J connectivity index is 2.23. The number of nitrogens with zero attached hydrogens (tertiary/aromatic N) is 1. The molecule has 116 valence electrons. The molecule has 0 aromatic carbocycles. The van der Waals surface area contributed by atoms with E-state index in [1.165, 1.54) is 57.8 Å². The Bertz CT molecular complexity index is 324. The molecule has 1 N–H and O–H groups in total. The van der Waals surface area contributed by atoms with Gasteiger partial charge in [0.2, 0.25) is 0 Å². The molecule has 1 atom stereocenters. The maximum Gasteiger partial charge on any atom is 0.0463 e. The lowest BCUT2D eigenvalue weighted by atomic mass is 9.69. The second-order valence-corrected chi connectivity index (χ2v) is 7.28. The van der Waals surface area contributed by atoms with Gasteiger partial charge in [-0.15, -0.1) is 0 Å². The van der Waals surface area contributed by atoms with Gasteiger partial charge in [0.25, 0.3) is 0 Å². The highest BCUT2D eigenvalue weighted by Gasteiger charge is 2.43. The van der Waals surface area contributed by atoms with Crippen LogP contribution in [0.3, 0.4) is 0 Å². The average molecular weight is 278 g/mol. The summed E-state index contributed by atoms with van der Waals surface area (Å²) >= 11 is 0. The monoisotopic (exact) mass is 278 g/mol. The van der Waals surface area contributed by atoms with Gasteiger partial charge in [-0.1, -0.05) is 25.0 Å². The summed E-state index contributed by atoms with van der Waals surface area (Å²) in [6, 6.07) is 0.545. The summed E-state index contributed by atoms with van der Waals surface area (Å²) in [5.41, 5.74) is 2.02. The Kier molecular flexibility index (Phi) is 5.68. The average Bonchev–Trinajstić information content (AvgIpc) is 2.71. The zero-order valence-corrected chi connectivity index (χ0v) is 14.0. The molecule has 0 bridgehead atoms. The van der Waals surface area contributed by atoms with Crippen LogP contribution in [0.5, 0.6) is 0 Å². The van der Waals surface area contributed by atoms with E-state index >= 15 is 0 Å². The van der Waals surface area contributed by atoms with Crippen LogP contribution in [0.4, 0.5) is 0 Å². The van der Waals surface area contributed by atoms with Gasteiger partial charge >= 0.3 is 0 Å². The Morgan fingerprint density at radius 3 is 2.50 bits per heavy atom. The van der Waals surface area contributed by atoms with Gasteiger partial charge in [0, 0.05) is 11.6 Å².